The highest BCUT2D eigenvalue weighted by molar-refractivity contribution is 7.99. The molecular formula is C16H25FN2S. The topological polar surface area (TPSA) is 15.3 Å². The van der Waals surface area contributed by atoms with Crippen molar-refractivity contribution in [2.75, 3.05) is 31.9 Å². The maximum absolute atomic E-state index is 12.8. The number of hydrogen-bond acceptors (Lipinski definition) is 3. The molecule has 112 valence electrons. The fourth-order valence-corrected chi connectivity index (χ4v) is 3.57. The summed E-state index contributed by atoms with van der Waals surface area (Å²) in [5.41, 5.74) is 0. The zero-order chi connectivity index (χ0) is 14.2. The maximum atomic E-state index is 12.8. The molecule has 0 saturated carbocycles. The smallest absolute Gasteiger partial charge is 0.123 e. The first-order valence-electron chi connectivity index (χ1n) is 7.62. The molecule has 4 heteroatoms. The first-order chi connectivity index (χ1) is 9.78. The Bertz CT molecular complexity index is 377. The standard InChI is InChI=1S/C16H25FN2S/c1-2-10-19(13-15-4-3-9-18-15)11-12-20-16-7-5-14(17)6-8-16/h5-8,15,18H,2-4,9-13H2,1H3. The van der Waals surface area contributed by atoms with Crippen molar-refractivity contribution in [3.05, 3.63) is 30.1 Å². The lowest BCUT2D eigenvalue weighted by atomic mass is 10.2. The van der Waals surface area contributed by atoms with Gasteiger partial charge in [-0.1, -0.05) is 6.92 Å². The van der Waals surface area contributed by atoms with E-state index in [4.69, 9.17) is 0 Å². The molecular weight excluding hydrogens is 271 g/mol. The molecule has 1 unspecified atom stereocenters. The van der Waals surface area contributed by atoms with Gasteiger partial charge in [-0.25, -0.2) is 4.39 Å². The van der Waals surface area contributed by atoms with E-state index in [2.05, 4.69) is 17.1 Å². The van der Waals surface area contributed by atoms with E-state index in [1.807, 2.05) is 23.9 Å². The Kier molecular flexibility index (Phi) is 6.83. The van der Waals surface area contributed by atoms with Crippen molar-refractivity contribution in [1.29, 1.82) is 0 Å². The number of benzene rings is 1. The number of hydrogen-bond donors (Lipinski definition) is 1. The van der Waals surface area contributed by atoms with Crippen LogP contribution in [-0.4, -0.2) is 42.9 Å². The first kappa shape index (κ1) is 15.8. The number of rotatable bonds is 8. The molecule has 0 amide bonds. The fourth-order valence-electron chi connectivity index (χ4n) is 2.66. The molecule has 2 rings (SSSR count). The van der Waals surface area contributed by atoms with Gasteiger partial charge in [0.2, 0.25) is 0 Å². The molecule has 1 heterocycles. The summed E-state index contributed by atoms with van der Waals surface area (Å²) in [6.45, 7) is 6.85. The second-order valence-electron chi connectivity index (χ2n) is 5.40. The van der Waals surface area contributed by atoms with Crippen LogP contribution in [0.4, 0.5) is 4.39 Å². The maximum Gasteiger partial charge on any atom is 0.123 e. The summed E-state index contributed by atoms with van der Waals surface area (Å²) < 4.78 is 12.8. The zero-order valence-electron chi connectivity index (χ0n) is 12.3. The van der Waals surface area contributed by atoms with E-state index in [0.29, 0.717) is 6.04 Å². The minimum absolute atomic E-state index is 0.158. The van der Waals surface area contributed by atoms with E-state index >= 15 is 0 Å². The van der Waals surface area contributed by atoms with E-state index in [1.54, 1.807) is 0 Å². The van der Waals surface area contributed by atoms with Crippen molar-refractivity contribution >= 4 is 11.8 Å². The number of nitrogens with zero attached hydrogens (tertiary/aromatic N) is 1. The summed E-state index contributed by atoms with van der Waals surface area (Å²) in [4.78, 5) is 3.71. The van der Waals surface area contributed by atoms with Gasteiger partial charge < -0.3 is 10.2 Å². The molecule has 0 aromatic heterocycles. The van der Waals surface area contributed by atoms with E-state index in [0.717, 1.165) is 23.7 Å². The third kappa shape index (κ3) is 5.43. The van der Waals surface area contributed by atoms with E-state index in [-0.39, 0.29) is 5.82 Å². The summed E-state index contributed by atoms with van der Waals surface area (Å²) in [6, 6.07) is 7.48. The Morgan fingerprint density at radius 2 is 2.10 bits per heavy atom. The molecule has 0 spiro atoms. The second-order valence-corrected chi connectivity index (χ2v) is 6.56. The number of nitrogens with one attached hydrogen (secondary N) is 1. The van der Waals surface area contributed by atoms with Crippen molar-refractivity contribution < 1.29 is 4.39 Å². The molecule has 1 aromatic rings. The van der Waals surface area contributed by atoms with Crippen molar-refractivity contribution in [2.45, 2.75) is 37.1 Å². The van der Waals surface area contributed by atoms with Gasteiger partial charge in [0.15, 0.2) is 0 Å². The second kappa shape index (κ2) is 8.65. The van der Waals surface area contributed by atoms with Gasteiger partial charge in [0.25, 0.3) is 0 Å². The normalized spacial score (nSPS) is 18.9. The third-order valence-corrected chi connectivity index (χ3v) is 4.66. The lowest BCUT2D eigenvalue weighted by molar-refractivity contribution is 0.264. The summed E-state index contributed by atoms with van der Waals surface area (Å²) >= 11 is 1.81. The lowest BCUT2D eigenvalue weighted by Gasteiger charge is -2.25. The van der Waals surface area contributed by atoms with Crippen LogP contribution >= 0.6 is 11.8 Å². The van der Waals surface area contributed by atoms with Crippen LogP contribution in [0, 0.1) is 5.82 Å². The molecule has 1 N–H and O–H groups in total. The average molecular weight is 296 g/mol. The van der Waals surface area contributed by atoms with Crippen molar-refractivity contribution in [3.63, 3.8) is 0 Å². The highest BCUT2D eigenvalue weighted by Gasteiger charge is 2.17. The summed E-state index contributed by atoms with van der Waals surface area (Å²) in [5.74, 6) is 0.910. The molecule has 0 radical (unpaired) electrons. The van der Waals surface area contributed by atoms with E-state index < -0.39 is 0 Å². The summed E-state index contributed by atoms with van der Waals surface area (Å²) in [6.07, 6.45) is 3.83. The Balaban J connectivity index is 1.72. The van der Waals surface area contributed by atoms with Crippen molar-refractivity contribution in [1.82, 2.24) is 10.2 Å². The zero-order valence-corrected chi connectivity index (χ0v) is 13.1. The molecule has 1 atom stereocenters. The highest BCUT2D eigenvalue weighted by Crippen LogP contribution is 2.18. The Labute approximate surface area is 126 Å². The highest BCUT2D eigenvalue weighted by atomic mass is 32.2. The monoisotopic (exact) mass is 296 g/mol. The Hall–Kier alpha value is -0.580. The quantitative estimate of drug-likeness (QED) is 0.740. The molecule has 1 fully saturated rings. The Morgan fingerprint density at radius 1 is 1.30 bits per heavy atom. The minimum Gasteiger partial charge on any atom is -0.313 e. The number of thioether (sulfide) groups is 1. The van der Waals surface area contributed by atoms with Gasteiger partial charge in [0.1, 0.15) is 5.82 Å². The van der Waals surface area contributed by atoms with Gasteiger partial charge in [-0.15, -0.1) is 11.8 Å². The van der Waals surface area contributed by atoms with Crippen LogP contribution in [0.25, 0.3) is 0 Å². The van der Waals surface area contributed by atoms with Crippen molar-refractivity contribution in [3.8, 4) is 0 Å². The van der Waals surface area contributed by atoms with Crippen LogP contribution < -0.4 is 5.32 Å². The predicted octanol–water partition coefficient (Wildman–Crippen LogP) is 3.38. The van der Waals surface area contributed by atoms with Crippen LogP contribution in [0.3, 0.4) is 0 Å². The molecule has 20 heavy (non-hydrogen) atoms. The molecule has 1 aliphatic rings. The molecule has 1 aromatic carbocycles. The van der Waals surface area contributed by atoms with E-state index in [9.17, 15) is 4.39 Å². The van der Waals surface area contributed by atoms with Crippen LogP contribution in [0.15, 0.2) is 29.2 Å². The van der Waals surface area contributed by atoms with Gasteiger partial charge in [-0.3, -0.25) is 0 Å². The largest absolute Gasteiger partial charge is 0.313 e. The molecule has 0 bridgehead atoms. The van der Waals surface area contributed by atoms with Gasteiger partial charge >= 0.3 is 0 Å². The molecule has 0 aliphatic carbocycles. The van der Waals surface area contributed by atoms with Crippen LogP contribution in [-0.2, 0) is 0 Å². The van der Waals surface area contributed by atoms with Crippen LogP contribution in [0.1, 0.15) is 26.2 Å². The number of halogens is 1. The van der Waals surface area contributed by atoms with Gasteiger partial charge in [0, 0.05) is 29.8 Å². The molecule has 2 nitrogen and oxygen atoms in total. The predicted molar refractivity (Wildman–Crippen MR) is 84.9 cm³/mol. The minimum atomic E-state index is -0.158. The van der Waals surface area contributed by atoms with Gasteiger partial charge in [0.05, 0.1) is 0 Å². The third-order valence-electron chi connectivity index (χ3n) is 3.67. The SMILES string of the molecule is CCCN(CCSc1ccc(F)cc1)CC1CCCN1. The molecule has 1 saturated heterocycles. The first-order valence-corrected chi connectivity index (χ1v) is 8.60. The summed E-state index contributed by atoms with van der Waals surface area (Å²) in [7, 11) is 0. The summed E-state index contributed by atoms with van der Waals surface area (Å²) in [5, 5.41) is 3.57. The molecule has 1 aliphatic heterocycles. The van der Waals surface area contributed by atoms with Gasteiger partial charge in [-0.05, 0) is 56.6 Å². The van der Waals surface area contributed by atoms with Crippen molar-refractivity contribution in [2.24, 2.45) is 0 Å². The van der Waals surface area contributed by atoms with E-state index in [1.165, 1.54) is 44.5 Å². The Morgan fingerprint density at radius 3 is 2.75 bits per heavy atom. The van der Waals surface area contributed by atoms with Gasteiger partial charge in [-0.2, -0.15) is 0 Å². The van der Waals surface area contributed by atoms with Crippen LogP contribution in [0.2, 0.25) is 0 Å². The average Bonchev–Trinajstić information content (AvgIpc) is 2.94. The fraction of sp³-hybridized carbons (Fsp3) is 0.625. The van der Waals surface area contributed by atoms with Crippen LogP contribution in [0.5, 0.6) is 0 Å². The lowest BCUT2D eigenvalue weighted by Crippen LogP contribution is -2.39.